The first-order valence-electron chi connectivity index (χ1n) is 8.47. The summed E-state index contributed by atoms with van der Waals surface area (Å²) in [6.07, 6.45) is 21.3. The zero-order chi connectivity index (χ0) is 13.1. The average molecular weight is 250 g/mol. The van der Waals surface area contributed by atoms with Crippen molar-refractivity contribution in [1.29, 1.82) is 0 Å². The number of hydrogen-bond acceptors (Lipinski definition) is 0. The van der Waals surface area contributed by atoms with Gasteiger partial charge in [-0.05, 0) is 32.1 Å². The summed E-state index contributed by atoms with van der Waals surface area (Å²) >= 11 is 0. The molecule has 1 aliphatic rings. The summed E-state index contributed by atoms with van der Waals surface area (Å²) in [5.74, 6) is 0.818. The second-order valence-corrected chi connectivity index (χ2v) is 6.32. The van der Waals surface area contributed by atoms with Crippen LogP contribution in [0.1, 0.15) is 97.3 Å². The highest BCUT2D eigenvalue weighted by atomic mass is 14.1. The van der Waals surface area contributed by atoms with Crippen molar-refractivity contribution in [3.05, 3.63) is 11.6 Å². The Morgan fingerprint density at radius 2 is 1.17 bits per heavy atom. The van der Waals surface area contributed by atoms with E-state index < -0.39 is 0 Å². The molecule has 1 atom stereocenters. The zero-order valence-corrected chi connectivity index (χ0v) is 12.8. The van der Waals surface area contributed by atoms with Gasteiger partial charge in [-0.1, -0.05) is 82.8 Å². The maximum Gasteiger partial charge on any atom is -0.0234 e. The molecule has 1 rings (SSSR count). The van der Waals surface area contributed by atoms with Crippen molar-refractivity contribution in [3.8, 4) is 0 Å². The summed E-state index contributed by atoms with van der Waals surface area (Å²) in [4.78, 5) is 0. The van der Waals surface area contributed by atoms with Gasteiger partial charge in [-0.15, -0.1) is 0 Å². The fourth-order valence-corrected chi connectivity index (χ4v) is 2.94. The van der Waals surface area contributed by atoms with Crippen LogP contribution >= 0.6 is 0 Å². The van der Waals surface area contributed by atoms with E-state index in [0.29, 0.717) is 0 Å². The molecule has 18 heavy (non-hydrogen) atoms. The first kappa shape index (κ1) is 15.8. The molecular weight excluding hydrogens is 216 g/mol. The predicted molar refractivity (Wildman–Crippen MR) is 82.9 cm³/mol. The molecule has 106 valence electrons. The van der Waals surface area contributed by atoms with E-state index in [4.69, 9.17) is 0 Å². The Kier molecular flexibility index (Phi) is 9.34. The number of rotatable bonds is 0. The van der Waals surface area contributed by atoms with Crippen LogP contribution in [0.4, 0.5) is 0 Å². The van der Waals surface area contributed by atoms with Gasteiger partial charge in [0.1, 0.15) is 0 Å². The number of hydrogen-bond donors (Lipinski definition) is 0. The van der Waals surface area contributed by atoms with Gasteiger partial charge >= 0.3 is 0 Å². The van der Waals surface area contributed by atoms with Crippen LogP contribution in [0.5, 0.6) is 0 Å². The third kappa shape index (κ3) is 7.95. The third-order valence-electron chi connectivity index (χ3n) is 4.58. The largest absolute Gasteiger partial charge is 0.0853 e. The van der Waals surface area contributed by atoms with Crippen LogP contribution < -0.4 is 0 Å². The molecule has 0 aliphatic heterocycles. The van der Waals surface area contributed by atoms with Crippen LogP contribution in [0.3, 0.4) is 0 Å². The van der Waals surface area contributed by atoms with Gasteiger partial charge in [-0.3, -0.25) is 0 Å². The Morgan fingerprint density at radius 3 is 1.72 bits per heavy atom. The van der Waals surface area contributed by atoms with Crippen molar-refractivity contribution in [2.75, 3.05) is 0 Å². The van der Waals surface area contributed by atoms with Gasteiger partial charge in [0.05, 0.1) is 0 Å². The Labute approximate surface area is 115 Å². The molecule has 0 heterocycles. The molecule has 0 nitrogen and oxygen atoms in total. The second kappa shape index (κ2) is 10.6. The molecule has 0 saturated carbocycles. The van der Waals surface area contributed by atoms with E-state index in [1.165, 1.54) is 83.5 Å². The minimum absolute atomic E-state index is 0.818. The molecule has 0 heteroatoms. The maximum absolute atomic E-state index is 2.51. The fourth-order valence-electron chi connectivity index (χ4n) is 2.94. The van der Waals surface area contributed by atoms with Gasteiger partial charge in [-0.2, -0.15) is 0 Å². The van der Waals surface area contributed by atoms with E-state index in [-0.39, 0.29) is 0 Å². The van der Waals surface area contributed by atoms with E-state index in [2.05, 4.69) is 19.9 Å². The summed E-state index contributed by atoms with van der Waals surface area (Å²) in [7, 11) is 0. The lowest BCUT2D eigenvalue weighted by atomic mass is 9.94. The normalized spacial score (nSPS) is 29.4. The first-order chi connectivity index (χ1) is 8.80. The van der Waals surface area contributed by atoms with E-state index in [1.54, 1.807) is 5.57 Å². The standard InChI is InChI=1S/C18H34/c1-17-15-13-11-9-7-5-3-4-6-8-10-12-14-16-18(17)2/h15,18H,3-14,16H2,1-2H3/b17-15+. The lowest BCUT2D eigenvalue weighted by Gasteiger charge is -2.12. The van der Waals surface area contributed by atoms with Gasteiger partial charge in [0, 0.05) is 0 Å². The van der Waals surface area contributed by atoms with Crippen LogP contribution in [0, 0.1) is 5.92 Å². The lowest BCUT2D eigenvalue weighted by Crippen LogP contribution is -1.97. The van der Waals surface area contributed by atoms with Gasteiger partial charge < -0.3 is 0 Å². The Balaban J connectivity index is 2.29. The minimum Gasteiger partial charge on any atom is -0.0853 e. The van der Waals surface area contributed by atoms with E-state index in [9.17, 15) is 0 Å². The molecule has 0 amide bonds. The van der Waals surface area contributed by atoms with Crippen molar-refractivity contribution in [3.63, 3.8) is 0 Å². The van der Waals surface area contributed by atoms with Crippen LogP contribution in [0.25, 0.3) is 0 Å². The molecular formula is C18H34. The molecule has 0 aromatic heterocycles. The summed E-state index contributed by atoms with van der Waals surface area (Å²) in [5, 5.41) is 0. The molecule has 0 spiro atoms. The van der Waals surface area contributed by atoms with Crippen molar-refractivity contribution in [2.24, 2.45) is 5.92 Å². The van der Waals surface area contributed by atoms with Gasteiger partial charge in [0.25, 0.3) is 0 Å². The number of allylic oxidation sites excluding steroid dienone is 2. The van der Waals surface area contributed by atoms with Crippen LogP contribution in [-0.2, 0) is 0 Å². The van der Waals surface area contributed by atoms with Crippen molar-refractivity contribution < 1.29 is 0 Å². The molecule has 0 aromatic carbocycles. The van der Waals surface area contributed by atoms with Crippen molar-refractivity contribution >= 4 is 0 Å². The quantitative estimate of drug-likeness (QED) is 0.422. The molecule has 0 saturated heterocycles. The molecule has 0 radical (unpaired) electrons. The molecule has 1 aliphatic carbocycles. The summed E-state index contributed by atoms with van der Waals surface area (Å²) in [5.41, 5.74) is 1.64. The second-order valence-electron chi connectivity index (χ2n) is 6.32. The first-order valence-corrected chi connectivity index (χ1v) is 8.47. The highest BCUT2D eigenvalue weighted by molar-refractivity contribution is 5.01. The summed E-state index contributed by atoms with van der Waals surface area (Å²) in [6, 6.07) is 0. The van der Waals surface area contributed by atoms with Crippen LogP contribution in [0.2, 0.25) is 0 Å². The average Bonchev–Trinajstić information content (AvgIpc) is 2.37. The monoisotopic (exact) mass is 250 g/mol. The fraction of sp³-hybridized carbons (Fsp3) is 0.889. The highest BCUT2D eigenvalue weighted by Crippen LogP contribution is 2.20. The zero-order valence-electron chi connectivity index (χ0n) is 12.8. The summed E-state index contributed by atoms with van der Waals surface area (Å²) < 4.78 is 0. The van der Waals surface area contributed by atoms with Gasteiger partial charge in [-0.25, -0.2) is 0 Å². The van der Waals surface area contributed by atoms with Gasteiger partial charge in [0.2, 0.25) is 0 Å². The maximum atomic E-state index is 2.51. The topological polar surface area (TPSA) is 0 Å². The Morgan fingerprint density at radius 1 is 0.722 bits per heavy atom. The predicted octanol–water partition coefficient (Wildman–Crippen LogP) is 6.65. The van der Waals surface area contributed by atoms with E-state index in [0.717, 1.165) is 5.92 Å². The SMILES string of the molecule is C/C1=C\CCCCCCCCCCCCCC1C. The molecule has 0 N–H and O–H groups in total. The Bertz CT molecular complexity index is 214. The highest BCUT2D eigenvalue weighted by Gasteiger charge is 2.04. The molecule has 0 bridgehead atoms. The molecule has 0 aromatic rings. The van der Waals surface area contributed by atoms with E-state index >= 15 is 0 Å². The lowest BCUT2D eigenvalue weighted by molar-refractivity contribution is 0.509. The molecule has 0 fully saturated rings. The van der Waals surface area contributed by atoms with Gasteiger partial charge in [0.15, 0.2) is 0 Å². The van der Waals surface area contributed by atoms with E-state index in [1.807, 2.05) is 0 Å². The summed E-state index contributed by atoms with van der Waals surface area (Å²) in [6.45, 7) is 4.75. The smallest absolute Gasteiger partial charge is 0.0234 e. The van der Waals surface area contributed by atoms with Crippen molar-refractivity contribution in [1.82, 2.24) is 0 Å². The van der Waals surface area contributed by atoms with Crippen LogP contribution in [0.15, 0.2) is 11.6 Å². The third-order valence-corrected chi connectivity index (χ3v) is 4.58. The van der Waals surface area contributed by atoms with Crippen molar-refractivity contribution in [2.45, 2.75) is 97.3 Å². The molecule has 1 unspecified atom stereocenters. The van der Waals surface area contributed by atoms with Crippen LogP contribution in [-0.4, -0.2) is 0 Å². The Hall–Kier alpha value is -0.260. The minimum atomic E-state index is 0.818.